The Bertz CT molecular complexity index is 645. The number of hydrogen-bond donors (Lipinski definition) is 1. The minimum absolute atomic E-state index is 0.351. The predicted molar refractivity (Wildman–Crippen MR) is 63.7 cm³/mol. The molecule has 16 heavy (non-hydrogen) atoms. The molecule has 0 unspecified atom stereocenters. The van der Waals surface area contributed by atoms with E-state index in [0.29, 0.717) is 11.3 Å². The van der Waals surface area contributed by atoms with E-state index in [9.17, 15) is 0 Å². The molecule has 0 aliphatic heterocycles. The molecular formula is C12H9BO3. The van der Waals surface area contributed by atoms with Crippen LogP contribution in [0.4, 0.5) is 0 Å². The fourth-order valence-electron chi connectivity index (χ4n) is 1.90. The van der Waals surface area contributed by atoms with Gasteiger partial charge in [0, 0.05) is 10.8 Å². The molecule has 0 saturated heterocycles. The molecule has 3 aromatic rings. The minimum Gasteiger partial charge on any atom is -0.536 e. The Morgan fingerprint density at radius 1 is 1.00 bits per heavy atom. The molecule has 2 aromatic carbocycles. The van der Waals surface area contributed by atoms with Crippen molar-refractivity contribution >= 4 is 29.6 Å². The van der Waals surface area contributed by atoms with Crippen LogP contribution >= 0.6 is 0 Å². The smallest absolute Gasteiger partial charge is 0.504 e. The molecule has 1 aromatic heterocycles. The summed E-state index contributed by atoms with van der Waals surface area (Å²) in [5.41, 5.74) is 1.50. The zero-order chi connectivity index (χ0) is 11.0. The monoisotopic (exact) mass is 212 g/mol. The number of furan rings is 1. The first-order chi connectivity index (χ1) is 7.90. The Labute approximate surface area is 92.6 Å². The van der Waals surface area contributed by atoms with Gasteiger partial charge in [-0.05, 0) is 12.1 Å². The number of fused-ring (bicyclic) bond motifs is 3. The number of benzene rings is 2. The van der Waals surface area contributed by atoms with E-state index in [1.165, 1.54) is 0 Å². The summed E-state index contributed by atoms with van der Waals surface area (Å²) in [7, 11) is -0.351. The van der Waals surface area contributed by atoms with Gasteiger partial charge in [-0.15, -0.1) is 0 Å². The fraction of sp³-hybridized carbons (Fsp3) is 0. The van der Waals surface area contributed by atoms with E-state index in [0.717, 1.165) is 16.4 Å². The molecule has 3 rings (SSSR count). The maximum Gasteiger partial charge on any atom is 0.504 e. The lowest BCUT2D eigenvalue weighted by atomic mass is 10.1. The first kappa shape index (κ1) is 9.30. The van der Waals surface area contributed by atoms with Crippen molar-refractivity contribution in [2.45, 2.75) is 0 Å². The number of hydrogen-bond acceptors (Lipinski definition) is 3. The van der Waals surface area contributed by atoms with E-state index >= 15 is 0 Å². The van der Waals surface area contributed by atoms with Crippen LogP contribution in [0.3, 0.4) is 0 Å². The maximum absolute atomic E-state index is 8.79. The molecule has 4 heteroatoms. The second-order valence-electron chi connectivity index (χ2n) is 3.50. The highest BCUT2D eigenvalue weighted by Gasteiger charge is 2.10. The van der Waals surface area contributed by atoms with Crippen LogP contribution in [0.15, 0.2) is 46.9 Å². The third kappa shape index (κ3) is 1.27. The zero-order valence-corrected chi connectivity index (χ0v) is 8.51. The van der Waals surface area contributed by atoms with Gasteiger partial charge in [-0.1, -0.05) is 30.3 Å². The van der Waals surface area contributed by atoms with Gasteiger partial charge in [0.2, 0.25) is 0 Å². The Hall–Kier alpha value is -1.94. The standard InChI is InChI=1S/C12H9BO3/c14-13-16-11-7-3-5-9-8-4-1-2-6-10(8)15-12(9)11/h1-7,13-14H. The summed E-state index contributed by atoms with van der Waals surface area (Å²) in [6.45, 7) is 0. The second-order valence-corrected chi connectivity index (χ2v) is 3.50. The Morgan fingerprint density at radius 3 is 2.69 bits per heavy atom. The van der Waals surface area contributed by atoms with E-state index in [-0.39, 0.29) is 7.69 Å². The maximum atomic E-state index is 8.79. The number of para-hydroxylation sites is 2. The van der Waals surface area contributed by atoms with E-state index in [2.05, 4.69) is 0 Å². The quantitative estimate of drug-likeness (QED) is 0.662. The fourth-order valence-corrected chi connectivity index (χ4v) is 1.90. The van der Waals surface area contributed by atoms with Crippen molar-refractivity contribution in [3.8, 4) is 5.75 Å². The third-order valence-corrected chi connectivity index (χ3v) is 2.59. The van der Waals surface area contributed by atoms with E-state index in [1.807, 2.05) is 36.4 Å². The first-order valence-electron chi connectivity index (χ1n) is 5.04. The summed E-state index contributed by atoms with van der Waals surface area (Å²) >= 11 is 0. The lowest BCUT2D eigenvalue weighted by molar-refractivity contribution is 0.451. The second kappa shape index (κ2) is 3.57. The zero-order valence-electron chi connectivity index (χ0n) is 8.51. The van der Waals surface area contributed by atoms with Gasteiger partial charge in [-0.3, -0.25) is 0 Å². The lowest BCUT2D eigenvalue weighted by Gasteiger charge is -2.00. The molecule has 78 valence electrons. The van der Waals surface area contributed by atoms with Gasteiger partial charge in [-0.2, -0.15) is 0 Å². The van der Waals surface area contributed by atoms with Crippen LogP contribution in [0.5, 0.6) is 5.75 Å². The van der Waals surface area contributed by atoms with E-state index in [1.54, 1.807) is 6.07 Å². The highest BCUT2D eigenvalue weighted by molar-refractivity contribution is 6.18. The third-order valence-electron chi connectivity index (χ3n) is 2.59. The van der Waals surface area contributed by atoms with Crippen LogP contribution < -0.4 is 4.65 Å². The first-order valence-corrected chi connectivity index (χ1v) is 5.04. The normalized spacial score (nSPS) is 10.8. The molecule has 3 nitrogen and oxygen atoms in total. The van der Waals surface area contributed by atoms with Gasteiger partial charge < -0.3 is 14.1 Å². The van der Waals surface area contributed by atoms with Crippen molar-refractivity contribution in [2.24, 2.45) is 0 Å². The van der Waals surface area contributed by atoms with Crippen molar-refractivity contribution in [3.63, 3.8) is 0 Å². The van der Waals surface area contributed by atoms with Gasteiger partial charge >= 0.3 is 7.69 Å². The Balaban J connectivity index is 2.39. The molecule has 1 heterocycles. The minimum atomic E-state index is -0.351. The highest BCUT2D eigenvalue weighted by Crippen LogP contribution is 2.34. The molecule has 0 bridgehead atoms. The average Bonchev–Trinajstić information content (AvgIpc) is 2.69. The molecule has 0 atom stereocenters. The molecule has 0 amide bonds. The summed E-state index contributed by atoms with van der Waals surface area (Å²) in [5.74, 6) is 0.566. The van der Waals surface area contributed by atoms with Gasteiger partial charge in [0.25, 0.3) is 0 Å². The van der Waals surface area contributed by atoms with Crippen molar-refractivity contribution in [3.05, 3.63) is 42.5 Å². The van der Waals surface area contributed by atoms with Crippen molar-refractivity contribution < 1.29 is 14.1 Å². The average molecular weight is 212 g/mol. The predicted octanol–water partition coefficient (Wildman–Crippen LogP) is 2.22. The topological polar surface area (TPSA) is 42.6 Å². The molecule has 1 N–H and O–H groups in total. The van der Waals surface area contributed by atoms with Gasteiger partial charge in [0.15, 0.2) is 5.58 Å². The molecular weight excluding hydrogens is 203 g/mol. The lowest BCUT2D eigenvalue weighted by Crippen LogP contribution is -1.99. The van der Waals surface area contributed by atoms with E-state index in [4.69, 9.17) is 14.1 Å². The summed E-state index contributed by atoms with van der Waals surface area (Å²) in [6.07, 6.45) is 0. The van der Waals surface area contributed by atoms with Crippen molar-refractivity contribution in [1.29, 1.82) is 0 Å². The summed E-state index contributed by atoms with van der Waals surface area (Å²) in [5, 5.41) is 10.8. The van der Waals surface area contributed by atoms with Crippen LogP contribution in [0.25, 0.3) is 21.9 Å². The van der Waals surface area contributed by atoms with Crippen molar-refractivity contribution in [2.75, 3.05) is 0 Å². The Morgan fingerprint density at radius 2 is 1.81 bits per heavy atom. The molecule has 0 radical (unpaired) electrons. The molecule has 0 aliphatic rings. The van der Waals surface area contributed by atoms with Crippen LogP contribution in [0, 0.1) is 0 Å². The largest absolute Gasteiger partial charge is 0.536 e. The molecule has 0 aliphatic carbocycles. The van der Waals surface area contributed by atoms with Crippen LogP contribution in [0.2, 0.25) is 0 Å². The molecule has 0 saturated carbocycles. The van der Waals surface area contributed by atoms with E-state index < -0.39 is 0 Å². The summed E-state index contributed by atoms with van der Waals surface area (Å²) < 4.78 is 10.8. The SMILES string of the molecule is OBOc1cccc2c1oc1ccccc12. The number of rotatable bonds is 2. The van der Waals surface area contributed by atoms with Crippen LogP contribution in [-0.4, -0.2) is 12.7 Å². The van der Waals surface area contributed by atoms with Crippen LogP contribution in [0.1, 0.15) is 0 Å². The van der Waals surface area contributed by atoms with Crippen molar-refractivity contribution in [1.82, 2.24) is 0 Å². The molecule has 0 fully saturated rings. The van der Waals surface area contributed by atoms with Crippen LogP contribution in [-0.2, 0) is 0 Å². The highest BCUT2D eigenvalue weighted by atomic mass is 16.5. The van der Waals surface area contributed by atoms with Gasteiger partial charge in [0.05, 0.1) is 0 Å². The van der Waals surface area contributed by atoms with Gasteiger partial charge in [-0.25, -0.2) is 0 Å². The van der Waals surface area contributed by atoms with Gasteiger partial charge in [0.1, 0.15) is 11.3 Å². The molecule has 0 spiro atoms. The summed E-state index contributed by atoms with van der Waals surface area (Å²) in [4.78, 5) is 0. The summed E-state index contributed by atoms with van der Waals surface area (Å²) in [6, 6.07) is 13.5. The Kier molecular flexibility index (Phi) is 2.08.